The van der Waals surface area contributed by atoms with E-state index in [1.54, 1.807) is 0 Å². The van der Waals surface area contributed by atoms with Crippen molar-refractivity contribution in [2.75, 3.05) is 14.1 Å². The number of allylic oxidation sites excluding steroid dienone is 8. The van der Waals surface area contributed by atoms with Crippen LogP contribution >= 0.6 is 0 Å². The van der Waals surface area contributed by atoms with Gasteiger partial charge in [-0.3, -0.25) is 0 Å². The smallest absolute Gasteiger partial charge is 0.169 e. The second kappa shape index (κ2) is 28.5. The minimum Gasteiger partial charge on any atom is -0.344 e. The van der Waals surface area contributed by atoms with Crippen molar-refractivity contribution in [1.82, 2.24) is 4.90 Å². The summed E-state index contributed by atoms with van der Waals surface area (Å²) >= 11 is 0. The van der Waals surface area contributed by atoms with Crippen molar-refractivity contribution in [3.8, 4) is 0 Å². The summed E-state index contributed by atoms with van der Waals surface area (Å²) in [6, 6.07) is 0.591. The number of nitrogens with zero attached hydrogens (tertiary/aromatic N) is 1. The summed E-state index contributed by atoms with van der Waals surface area (Å²) in [6.45, 7) is 6.86. The molecule has 3 heteroatoms. The Balaban J connectivity index is 1.67. The van der Waals surface area contributed by atoms with E-state index in [2.05, 4.69) is 88.4 Å². The first-order valence-electron chi connectivity index (χ1n) is 21.2. The summed E-state index contributed by atoms with van der Waals surface area (Å²) in [5, 5.41) is 0. The first kappa shape index (κ1) is 43.0. The Morgan fingerprint density at radius 1 is 0.542 bits per heavy atom. The van der Waals surface area contributed by atoms with Crippen molar-refractivity contribution in [2.45, 2.75) is 218 Å². The van der Waals surface area contributed by atoms with Gasteiger partial charge in [0.2, 0.25) is 0 Å². The molecule has 1 unspecified atom stereocenters. The Hall–Kier alpha value is -1.16. The van der Waals surface area contributed by atoms with Crippen LogP contribution in [-0.4, -0.2) is 43.0 Å². The van der Waals surface area contributed by atoms with E-state index in [1.165, 1.54) is 148 Å². The van der Waals surface area contributed by atoms with E-state index >= 15 is 0 Å². The summed E-state index contributed by atoms with van der Waals surface area (Å²) in [7, 11) is 4.49. The van der Waals surface area contributed by atoms with Gasteiger partial charge in [0, 0.05) is 24.8 Å². The zero-order valence-electron chi connectivity index (χ0n) is 32.8. The molecule has 2 aliphatic rings. The van der Waals surface area contributed by atoms with E-state index in [4.69, 9.17) is 9.47 Å². The molecule has 0 aromatic rings. The number of unbranched alkanes of at least 4 members (excludes halogenated alkanes) is 16. The number of hydrogen-bond donors (Lipinski definition) is 0. The van der Waals surface area contributed by atoms with Crippen LogP contribution in [0.25, 0.3) is 0 Å². The third-order valence-electron chi connectivity index (χ3n) is 10.9. The second-order valence-electron chi connectivity index (χ2n) is 15.3. The van der Waals surface area contributed by atoms with Crippen LogP contribution in [0.1, 0.15) is 194 Å². The topological polar surface area (TPSA) is 21.7 Å². The fraction of sp³-hybridized carbons (Fsp3) is 0.822. The molecule has 1 saturated carbocycles. The van der Waals surface area contributed by atoms with E-state index in [0.29, 0.717) is 18.1 Å². The molecular formula is C45H81NO2. The maximum absolute atomic E-state index is 7.08. The van der Waals surface area contributed by atoms with E-state index in [9.17, 15) is 0 Å². The van der Waals surface area contributed by atoms with Gasteiger partial charge in [0.05, 0.1) is 12.2 Å². The molecule has 1 saturated heterocycles. The monoisotopic (exact) mass is 668 g/mol. The highest BCUT2D eigenvalue weighted by Crippen LogP contribution is 2.47. The molecule has 278 valence electrons. The van der Waals surface area contributed by atoms with Gasteiger partial charge in [0.15, 0.2) is 5.79 Å². The van der Waals surface area contributed by atoms with E-state index in [0.717, 1.165) is 25.7 Å². The molecule has 2 rings (SSSR count). The molecule has 2 fully saturated rings. The van der Waals surface area contributed by atoms with E-state index in [-0.39, 0.29) is 11.9 Å². The van der Waals surface area contributed by atoms with Gasteiger partial charge in [-0.05, 0) is 97.6 Å². The molecule has 0 aromatic heterocycles. The van der Waals surface area contributed by atoms with Crippen LogP contribution in [0.4, 0.5) is 0 Å². The van der Waals surface area contributed by atoms with Crippen LogP contribution in [0, 0.1) is 5.92 Å². The maximum atomic E-state index is 7.08. The highest BCUT2D eigenvalue weighted by atomic mass is 16.8. The first-order valence-corrected chi connectivity index (χ1v) is 21.2. The lowest BCUT2D eigenvalue weighted by molar-refractivity contribution is -0.196. The van der Waals surface area contributed by atoms with Crippen molar-refractivity contribution in [1.29, 1.82) is 0 Å². The van der Waals surface area contributed by atoms with Crippen LogP contribution in [0.15, 0.2) is 48.6 Å². The maximum Gasteiger partial charge on any atom is 0.169 e. The first-order chi connectivity index (χ1) is 23.6. The van der Waals surface area contributed by atoms with Crippen LogP contribution in [0.3, 0.4) is 0 Å². The normalized spacial score (nSPS) is 21.7. The molecule has 3 nitrogen and oxygen atoms in total. The third-order valence-corrected chi connectivity index (χ3v) is 10.9. The lowest BCUT2D eigenvalue weighted by Gasteiger charge is -2.34. The standard InChI is InChI=1S/C45H81NO2/c1-6-9-11-13-15-17-19-21-23-25-27-29-31-33-35-39-45(47-43-38-37-41(44(43)48-45)42(8-3)46(4)5)40-36-34-32-30-28-26-24-22-20-18-16-14-12-10-7-2/h13-16,19-22,41-44H,6-12,17-18,23-40H2,1-5H3/b15-13-,16-14-,21-19-,22-20-/t41?,42-,43+,44-/m0/s1. The number of rotatable bonds is 31. The molecule has 0 spiro atoms. The lowest BCUT2D eigenvalue weighted by Crippen LogP contribution is -2.41. The Bertz CT molecular complexity index is 811. The zero-order chi connectivity index (χ0) is 34.5. The van der Waals surface area contributed by atoms with Crippen LogP contribution in [0.5, 0.6) is 0 Å². The fourth-order valence-electron chi connectivity index (χ4n) is 8.01. The molecule has 0 N–H and O–H groups in total. The Labute approximate surface area is 300 Å². The van der Waals surface area contributed by atoms with Crippen LogP contribution in [-0.2, 0) is 9.47 Å². The molecule has 1 aliphatic heterocycles. The van der Waals surface area contributed by atoms with Crippen molar-refractivity contribution in [3.05, 3.63) is 48.6 Å². The Kier molecular flexibility index (Phi) is 25.6. The largest absolute Gasteiger partial charge is 0.344 e. The van der Waals surface area contributed by atoms with Gasteiger partial charge in [-0.15, -0.1) is 0 Å². The average Bonchev–Trinajstić information content (AvgIpc) is 3.63. The summed E-state index contributed by atoms with van der Waals surface area (Å²) in [5.74, 6) is 0.276. The molecule has 0 aromatic carbocycles. The number of ether oxygens (including phenoxy) is 2. The SMILES string of the molecule is CCCC/C=C\C/C=C\CCCCCCCCC1(CCCCCCCC/C=C\C/C=C\CCCC)O[C@@H]2CCC([C@H](CC)N(C)C)[C@@H]2O1. The van der Waals surface area contributed by atoms with E-state index < -0.39 is 0 Å². The van der Waals surface area contributed by atoms with Gasteiger partial charge in [-0.25, -0.2) is 0 Å². The molecule has 48 heavy (non-hydrogen) atoms. The van der Waals surface area contributed by atoms with Crippen LogP contribution < -0.4 is 0 Å². The second-order valence-corrected chi connectivity index (χ2v) is 15.3. The minimum atomic E-state index is -0.329. The molecule has 0 radical (unpaired) electrons. The summed E-state index contributed by atoms with van der Waals surface area (Å²) in [4.78, 5) is 2.43. The third kappa shape index (κ3) is 18.7. The lowest BCUT2D eigenvalue weighted by atomic mass is 9.92. The van der Waals surface area contributed by atoms with Gasteiger partial charge >= 0.3 is 0 Å². The van der Waals surface area contributed by atoms with Crippen LogP contribution in [0.2, 0.25) is 0 Å². The fourth-order valence-corrected chi connectivity index (χ4v) is 8.01. The Morgan fingerprint density at radius 3 is 1.42 bits per heavy atom. The average molecular weight is 668 g/mol. The number of fused-ring (bicyclic) bond motifs is 1. The highest BCUT2D eigenvalue weighted by Gasteiger charge is 2.54. The number of hydrogen-bond acceptors (Lipinski definition) is 3. The minimum absolute atomic E-state index is 0.289. The Morgan fingerprint density at radius 2 is 0.979 bits per heavy atom. The zero-order valence-corrected chi connectivity index (χ0v) is 32.8. The van der Waals surface area contributed by atoms with Gasteiger partial charge in [0.1, 0.15) is 0 Å². The van der Waals surface area contributed by atoms with Crippen molar-refractivity contribution >= 4 is 0 Å². The van der Waals surface area contributed by atoms with Gasteiger partial charge in [0.25, 0.3) is 0 Å². The molecule has 1 aliphatic carbocycles. The highest BCUT2D eigenvalue weighted by molar-refractivity contribution is 4.99. The van der Waals surface area contributed by atoms with Gasteiger partial charge in [-0.2, -0.15) is 0 Å². The molecule has 1 heterocycles. The van der Waals surface area contributed by atoms with Crippen molar-refractivity contribution in [2.24, 2.45) is 5.92 Å². The van der Waals surface area contributed by atoms with Crippen molar-refractivity contribution in [3.63, 3.8) is 0 Å². The predicted molar refractivity (Wildman–Crippen MR) is 212 cm³/mol. The predicted octanol–water partition coefficient (Wildman–Crippen LogP) is 13.8. The molecule has 4 atom stereocenters. The van der Waals surface area contributed by atoms with Gasteiger partial charge in [-0.1, -0.05) is 146 Å². The van der Waals surface area contributed by atoms with Gasteiger partial charge < -0.3 is 14.4 Å². The molecule has 0 amide bonds. The summed E-state index contributed by atoms with van der Waals surface area (Å²) in [6.07, 6.45) is 53.4. The summed E-state index contributed by atoms with van der Waals surface area (Å²) in [5.41, 5.74) is 0. The van der Waals surface area contributed by atoms with Crippen molar-refractivity contribution < 1.29 is 9.47 Å². The van der Waals surface area contributed by atoms with E-state index in [1.807, 2.05) is 0 Å². The summed E-state index contributed by atoms with van der Waals surface area (Å²) < 4.78 is 14.0. The molecular weight excluding hydrogens is 587 g/mol. The quantitative estimate of drug-likeness (QED) is 0.0542. The molecule has 0 bridgehead atoms.